The predicted molar refractivity (Wildman–Crippen MR) is 228 cm³/mol. The molecule has 0 aliphatic rings. The Bertz CT molecular complexity index is 3170. The fraction of sp³-hybridized carbons (Fsp3) is 0. The Labute approximate surface area is 325 Å². The van der Waals surface area contributed by atoms with Gasteiger partial charge in [-0.1, -0.05) is 127 Å². The van der Waals surface area contributed by atoms with Crippen LogP contribution in [0, 0.1) is 0 Å². The fourth-order valence-electron chi connectivity index (χ4n) is 7.56. The summed E-state index contributed by atoms with van der Waals surface area (Å²) in [5.41, 5.74) is 9.42. The highest BCUT2D eigenvalue weighted by Crippen LogP contribution is 2.42. The first-order chi connectivity index (χ1) is 27.8. The molecule has 262 valence electrons. The zero-order chi connectivity index (χ0) is 37.0. The summed E-state index contributed by atoms with van der Waals surface area (Å²) in [5.74, 6) is 2.35. The zero-order valence-corrected chi connectivity index (χ0v) is 30.6. The lowest BCUT2D eigenvalue weighted by Gasteiger charge is -2.10. The number of nitrogens with zero attached hydrogens (tertiary/aromatic N) is 7. The molecule has 0 fully saturated rings. The molecule has 11 rings (SSSR count). The van der Waals surface area contributed by atoms with Gasteiger partial charge in [0.15, 0.2) is 23.3 Å². The van der Waals surface area contributed by atoms with Crippen molar-refractivity contribution >= 4 is 53.4 Å². The van der Waals surface area contributed by atoms with Gasteiger partial charge in [0.25, 0.3) is 0 Å². The van der Waals surface area contributed by atoms with E-state index in [0.717, 1.165) is 75.7 Å². The number of hydrogen-bond acceptors (Lipinski definition) is 7. The van der Waals surface area contributed by atoms with Crippen LogP contribution in [0.2, 0.25) is 0 Å². The summed E-state index contributed by atoms with van der Waals surface area (Å²) in [5, 5.41) is 3.37. The number of pyridine rings is 1. The van der Waals surface area contributed by atoms with E-state index in [0.29, 0.717) is 29.0 Å². The van der Waals surface area contributed by atoms with Crippen LogP contribution in [0.25, 0.3) is 105 Å². The first-order valence-electron chi connectivity index (χ1n) is 18.4. The number of benzene rings is 6. The van der Waals surface area contributed by atoms with Gasteiger partial charge >= 0.3 is 0 Å². The molecule has 7 nitrogen and oxygen atoms in total. The molecule has 8 heteroatoms. The summed E-state index contributed by atoms with van der Waals surface area (Å²) in [4.78, 5) is 30.4. The maximum atomic E-state index is 5.39. The normalized spacial score (nSPS) is 11.6. The monoisotopic (exact) mass is 735 g/mol. The van der Waals surface area contributed by atoms with E-state index in [1.54, 1.807) is 11.3 Å². The maximum Gasteiger partial charge on any atom is 0.182 e. The van der Waals surface area contributed by atoms with E-state index in [2.05, 4.69) is 102 Å². The molecule has 0 unspecified atom stereocenters. The average molecular weight is 736 g/mol. The fourth-order valence-corrected chi connectivity index (χ4v) is 8.71. The molecular formula is C48H29N7S. The van der Waals surface area contributed by atoms with Crippen molar-refractivity contribution in [3.63, 3.8) is 0 Å². The highest BCUT2D eigenvalue weighted by atomic mass is 32.1. The van der Waals surface area contributed by atoms with Crippen molar-refractivity contribution in [1.82, 2.24) is 34.5 Å². The third kappa shape index (κ3) is 5.34. The first-order valence-corrected chi connectivity index (χ1v) is 19.2. The Balaban J connectivity index is 1.10. The lowest BCUT2D eigenvalue weighted by Crippen LogP contribution is -2.01. The second-order valence-electron chi connectivity index (χ2n) is 13.5. The topological polar surface area (TPSA) is 82.3 Å². The molecule has 0 saturated heterocycles. The molecule has 0 amide bonds. The van der Waals surface area contributed by atoms with Crippen molar-refractivity contribution in [3.8, 4) is 62.6 Å². The summed E-state index contributed by atoms with van der Waals surface area (Å²) in [6.45, 7) is 0. The lowest BCUT2D eigenvalue weighted by molar-refractivity contribution is 1.06. The first kappa shape index (κ1) is 32.0. The molecule has 0 saturated carbocycles. The van der Waals surface area contributed by atoms with E-state index in [9.17, 15) is 0 Å². The number of aromatic nitrogens is 7. The van der Waals surface area contributed by atoms with E-state index in [-0.39, 0.29) is 0 Å². The van der Waals surface area contributed by atoms with Crippen LogP contribution in [0.15, 0.2) is 176 Å². The van der Waals surface area contributed by atoms with Gasteiger partial charge in [0.1, 0.15) is 5.69 Å². The van der Waals surface area contributed by atoms with Gasteiger partial charge in [0.2, 0.25) is 0 Å². The van der Waals surface area contributed by atoms with E-state index < -0.39 is 0 Å². The molecule has 0 aliphatic heterocycles. The van der Waals surface area contributed by atoms with Crippen LogP contribution in [-0.4, -0.2) is 34.5 Å². The van der Waals surface area contributed by atoms with Gasteiger partial charge in [0.05, 0.1) is 26.9 Å². The molecule has 5 aromatic heterocycles. The van der Waals surface area contributed by atoms with Gasteiger partial charge in [-0.05, 0) is 42.5 Å². The summed E-state index contributed by atoms with van der Waals surface area (Å²) in [6.07, 6.45) is 1.88. The van der Waals surface area contributed by atoms with Gasteiger partial charge < -0.3 is 4.57 Å². The van der Waals surface area contributed by atoms with Crippen LogP contribution in [0.4, 0.5) is 0 Å². The molecule has 11 aromatic rings. The Morgan fingerprint density at radius 3 is 1.77 bits per heavy atom. The molecule has 0 bridgehead atoms. The number of rotatable bonds is 6. The standard InChI is InChI=1S/C48H29N7S/c1-4-15-30(16-5-1)45-52-46(31-17-6-2-7-18-31)54-48(53-45)37-28-27-32(29-49-37)42-44-43(35-22-11-13-26-40(35)56-44)51-47(50-42)36-23-14-25-39-41(36)34-21-10-12-24-38(34)55(39)33-19-8-3-9-20-33/h1-29H. The second-order valence-corrected chi connectivity index (χ2v) is 14.6. The summed E-state index contributed by atoms with van der Waals surface area (Å²) < 4.78 is 4.50. The summed E-state index contributed by atoms with van der Waals surface area (Å²) in [7, 11) is 0. The predicted octanol–water partition coefficient (Wildman–Crippen LogP) is 11.9. The smallest absolute Gasteiger partial charge is 0.182 e. The number of thiophene rings is 1. The Kier molecular flexibility index (Phi) is 7.53. The van der Waals surface area contributed by atoms with Crippen molar-refractivity contribution in [3.05, 3.63) is 176 Å². The van der Waals surface area contributed by atoms with Crippen LogP contribution in [-0.2, 0) is 0 Å². The van der Waals surface area contributed by atoms with Crippen LogP contribution in [0.1, 0.15) is 0 Å². The van der Waals surface area contributed by atoms with E-state index in [1.165, 1.54) is 0 Å². The van der Waals surface area contributed by atoms with Gasteiger partial charge in [0, 0.05) is 55.0 Å². The number of hydrogen-bond donors (Lipinski definition) is 0. The molecule has 0 N–H and O–H groups in total. The van der Waals surface area contributed by atoms with Crippen LogP contribution in [0.5, 0.6) is 0 Å². The van der Waals surface area contributed by atoms with Crippen LogP contribution < -0.4 is 0 Å². The molecular weight excluding hydrogens is 707 g/mol. The number of fused-ring (bicyclic) bond motifs is 6. The van der Waals surface area contributed by atoms with Crippen LogP contribution in [0.3, 0.4) is 0 Å². The Morgan fingerprint density at radius 2 is 1.05 bits per heavy atom. The molecule has 0 radical (unpaired) electrons. The Morgan fingerprint density at radius 1 is 0.429 bits per heavy atom. The molecule has 6 aromatic carbocycles. The summed E-state index contributed by atoms with van der Waals surface area (Å²) >= 11 is 1.70. The van der Waals surface area contributed by atoms with Gasteiger partial charge in [-0.25, -0.2) is 24.9 Å². The minimum Gasteiger partial charge on any atom is -0.309 e. The third-order valence-corrected chi connectivity index (χ3v) is 11.3. The highest BCUT2D eigenvalue weighted by molar-refractivity contribution is 7.26. The Hall–Kier alpha value is -7.42. The van der Waals surface area contributed by atoms with Crippen LogP contribution >= 0.6 is 11.3 Å². The van der Waals surface area contributed by atoms with Crippen molar-refractivity contribution in [2.75, 3.05) is 0 Å². The minimum absolute atomic E-state index is 0.501. The van der Waals surface area contributed by atoms with Crippen molar-refractivity contribution < 1.29 is 0 Å². The van der Waals surface area contributed by atoms with E-state index in [4.69, 9.17) is 29.9 Å². The van der Waals surface area contributed by atoms with Crippen molar-refractivity contribution in [2.45, 2.75) is 0 Å². The molecule has 5 heterocycles. The van der Waals surface area contributed by atoms with Crippen molar-refractivity contribution in [1.29, 1.82) is 0 Å². The average Bonchev–Trinajstić information content (AvgIpc) is 3.83. The maximum absolute atomic E-state index is 5.39. The third-order valence-electron chi connectivity index (χ3n) is 10.1. The largest absolute Gasteiger partial charge is 0.309 e. The van der Waals surface area contributed by atoms with Gasteiger partial charge in [-0.3, -0.25) is 4.98 Å². The zero-order valence-electron chi connectivity index (χ0n) is 29.8. The minimum atomic E-state index is 0.501. The quantitative estimate of drug-likeness (QED) is 0.169. The lowest BCUT2D eigenvalue weighted by atomic mass is 10.0. The molecule has 0 spiro atoms. The molecule has 56 heavy (non-hydrogen) atoms. The van der Waals surface area contributed by atoms with Crippen molar-refractivity contribution in [2.24, 2.45) is 0 Å². The molecule has 0 aliphatic carbocycles. The SMILES string of the molecule is c1ccc(-c2nc(-c3ccccc3)nc(-c3ccc(-c4nc(-c5cccc6c5c5ccccc5n6-c5ccccc5)nc5c4sc4ccccc45)cn3)n2)cc1. The number of para-hydroxylation sites is 2. The van der Waals surface area contributed by atoms with Gasteiger partial charge in [-0.15, -0.1) is 11.3 Å². The second kappa shape index (κ2) is 13.2. The summed E-state index contributed by atoms with van der Waals surface area (Å²) in [6, 6.07) is 57.9. The molecule has 0 atom stereocenters. The highest BCUT2D eigenvalue weighted by Gasteiger charge is 2.21. The van der Waals surface area contributed by atoms with E-state index in [1.807, 2.05) is 79.0 Å². The van der Waals surface area contributed by atoms with Gasteiger partial charge in [-0.2, -0.15) is 0 Å². The van der Waals surface area contributed by atoms with E-state index >= 15 is 0 Å².